The highest BCUT2D eigenvalue weighted by molar-refractivity contribution is 5.99. The summed E-state index contributed by atoms with van der Waals surface area (Å²) in [6, 6.07) is 5.21. The van der Waals surface area contributed by atoms with Gasteiger partial charge in [-0.2, -0.15) is 0 Å². The third-order valence-corrected chi connectivity index (χ3v) is 6.04. The van der Waals surface area contributed by atoms with Gasteiger partial charge in [0.1, 0.15) is 17.2 Å². The number of nitrogens with zero attached hydrogens (tertiary/aromatic N) is 3. The molecular formula is C24H20F3N3O5. The van der Waals surface area contributed by atoms with Gasteiger partial charge in [-0.25, -0.2) is 9.78 Å². The topological polar surface area (TPSA) is 99.6 Å². The highest BCUT2D eigenvalue weighted by Crippen LogP contribution is 2.42. The predicted octanol–water partition coefficient (Wildman–Crippen LogP) is 5.53. The Labute approximate surface area is 196 Å². The Morgan fingerprint density at radius 2 is 2.03 bits per heavy atom. The van der Waals surface area contributed by atoms with E-state index >= 15 is 0 Å². The van der Waals surface area contributed by atoms with Crippen LogP contribution in [0, 0.1) is 13.8 Å². The summed E-state index contributed by atoms with van der Waals surface area (Å²) < 4.78 is 56.7. The number of carbonyl (C=O) groups is 1. The maximum atomic E-state index is 13.3. The minimum atomic E-state index is -5.01. The number of ether oxygens (including phenoxy) is 2. The van der Waals surface area contributed by atoms with Gasteiger partial charge >= 0.3 is 12.3 Å². The van der Waals surface area contributed by atoms with Crippen LogP contribution in [-0.4, -0.2) is 45.4 Å². The fourth-order valence-corrected chi connectivity index (χ4v) is 4.48. The smallest absolute Gasteiger partial charge is 0.478 e. The van der Waals surface area contributed by atoms with Gasteiger partial charge in [0, 0.05) is 46.6 Å². The van der Waals surface area contributed by atoms with Gasteiger partial charge in [0.25, 0.3) is 0 Å². The SMILES string of the molecule is Cc1noc(C)c1-c1cnc2c(c1)c(-c1ccc(C(=O)O)cc1OC(F)(F)F)cn2[C@@H]1CCOC1. The molecule has 1 fully saturated rings. The lowest BCUT2D eigenvalue weighted by Gasteiger charge is -2.14. The molecule has 35 heavy (non-hydrogen) atoms. The first-order valence-corrected chi connectivity index (χ1v) is 10.8. The lowest BCUT2D eigenvalue weighted by molar-refractivity contribution is -0.274. The summed E-state index contributed by atoms with van der Waals surface area (Å²) in [5.74, 6) is -1.39. The summed E-state index contributed by atoms with van der Waals surface area (Å²) in [7, 11) is 0. The molecule has 1 saturated heterocycles. The standard InChI is InChI=1S/C24H20F3N3O5/c1-12-21(13(2)35-29-12)15-7-18-19(10-30(22(18)28-9-15)16-5-6-33-11-16)17-4-3-14(23(31)32)8-20(17)34-24(25,26)27/h3-4,7-10,16H,5-6,11H2,1-2H3,(H,31,32)/t16-/m1/s1. The van der Waals surface area contributed by atoms with Crippen molar-refractivity contribution in [3.63, 3.8) is 0 Å². The molecule has 0 radical (unpaired) electrons. The lowest BCUT2D eigenvalue weighted by atomic mass is 10.00. The zero-order chi connectivity index (χ0) is 24.9. The monoisotopic (exact) mass is 487 g/mol. The van der Waals surface area contributed by atoms with Gasteiger partial charge in [-0.05, 0) is 44.5 Å². The summed E-state index contributed by atoms with van der Waals surface area (Å²) in [4.78, 5) is 16.1. The highest BCUT2D eigenvalue weighted by atomic mass is 19.4. The molecule has 182 valence electrons. The van der Waals surface area contributed by atoms with Crippen molar-refractivity contribution in [2.45, 2.75) is 32.7 Å². The van der Waals surface area contributed by atoms with Crippen LogP contribution in [0.3, 0.4) is 0 Å². The number of aryl methyl sites for hydroxylation is 2. The number of aromatic carboxylic acids is 1. The summed E-state index contributed by atoms with van der Waals surface area (Å²) >= 11 is 0. The molecule has 3 aromatic heterocycles. The first-order chi connectivity index (χ1) is 16.6. The zero-order valence-electron chi connectivity index (χ0n) is 18.7. The molecule has 11 heteroatoms. The molecule has 4 heterocycles. The summed E-state index contributed by atoms with van der Waals surface area (Å²) in [5, 5.41) is 13.9. The first kappa shape index (κ1) is 22.9. The number of benzene rings is 1. The summed E-state index contributed by atoms with van der Waals surface area (Å²) in [6.07, 6.45) is -0.900. The molecule has 0 bridgehead atoms. The molecule has 1 N–H and O–H groups in total. The van der Waals surface area contributed by atoms with Gasteiger partial charge in [-0.1, -0.05) is 5.16 Å². The van der Waals surface area contributed by atoms with E-state index < -0.39 is 18.1 Å². The Bertz CT molecular complexity index is 1410. The number of hydrogen-bond donors (Lipinski definition) is 1. The predicted molar refractivity (Wildman–Crippen MR) is 118 cm³/mol. The number of carboxylic acids is 1. The quantitative estimate of drug-likeness (QED) is 0.395. The normalized spacial score (nSPS) is 16.2. The van der Waals surface area contributed by atoms with Crippen LogP contribution in [0.25, 0.3) is 33.3 Å². The van der Waals surface area contributed by atoms with Gasteiger partial charge in [0.15, 0.2) is 0 Å². The van der Waals surface area contributed by atoms with Crippen molar-refractivity contribution < 1.29 is 37.1 Å². The van der Waals surface area contributed by atoms with Crippen LogP contribution in [0.15, 0.2) is 41.2 Å². The molecule has 1 aliphatic heterocycles. The Morgan fingerprint density at radius 1 is 1.23 bits per heavy atom. The fourth-order valence-electron chi connectivity index (χ4n) is 4.48. The number of aromatic nitrogens is 3. The molecule has 0 saturated carbocycles. The molecule has 0 spiro atoms. The lowest BCUT2D eigenvalue weighted by Crippen LogP contribution is -2.18. The van der Waals surface area contributed by atoms with Crippen LogP contribution in [0.4, 0.5) is 13.2 Å². The highest BCUT2D eigenvalue weighted by Gasteiger charge is 2.33. The van der Waals surface area contributed by atoms with E-state index in [1.165, 1.54) is 12.1 Å². The fraction of sp³-hybridized carbons (Fsp3) is 0.292. The molecule has 1 aromatic carbocycles. The second-order valence-corrected chi connectivity index (χ2v) is 8.33. The van der Waals surface area contributed by atoms with Crippen molar-refractivity contribution in [2.75, 3.05) is 13.2 Å². The van der Waals surface area contributed by atoms with Crippen molar-refractivity contribution in [3.8, 4) is 28.0 Å². The number of alkyl halides is 3. The molecule has 1 atom stereocenters. The molecule has 1 aliphatic rings. The maximum absolute atomic E-state index is 13.3. The van der Waals surface area contributed by atoms with E-state index in [0.29, 0.717) is 46.8 Å². The average Bonchev–Trinajstić information content (AvgIpc) is 3.51. The number of hydrogen-bond acceptors (Lipinski definition) is 6. The van der Waals surface area contributed by atoms with Gasteiger partial charge < -0.3 is 23.7 Å². The molecular weight excluding hydrogens is 467 g/mol. The van der Waals surface area contributed by atoms with E-state index in [-0.39, 0.29) is 17.2 Å². The van der Waals surface area contributed by atoms with Gasteiger partial charge in [-0.3, -0.25) is 0 Å². The van der Waals surface area contributed by atoms with Gasteiger partial charge in [-0.15, -0.1) is 13.2 Å². The molecule has 0 amide bonds. The van der Waals surface area contributed by atoms with Crippen LogP contribution < -0.4 is 4.74 Å². The molecule has 0 unspecified atom stereocenters. The number of pyridine rings is 1. The summed E-state index contributed by atoms with van der Waals surface area (Å²) in [6.45, 7) is 4.56. The first-order valence-electron chi connectivity index (χ1n) is 10.8. The van der Waals surface area contributed by atoms with Crippen LogP contribution in [0.5, 0.6) is 5.75 Å². The second-order valence-electron chi connectivity index (χ2n) is 8.33. The van der Waals surface area contributed by atoms with Crippen LogP contribution in [-0.2, 0) is 4.74 Å². The Hall–Kier alpha value is -3.86. The largest absolute Gasteiger partial charge is 0.573 e. The Morgan fingerprint density at radius 3 is 2.66 bits per heavy atom. The van der Waals surface area contributed by atoms with Crippen LogP contribution in [0.2, 0.25) is 0 Å². The van der Waals surface area contributed by atoms with Gasteiger partial charge in [0.05, 0.1) is 23.9 Å². The summed E-state index contributed by atoms with van der Waals surface area (Å²) in [5.41, 5.74) is 2.84. The van der Waals surface area contributed by atoms with Gasteiger partial charge in [0.2, 0.25) is 0 Å². The minimum absolute atomic E-state index is 0.0473. The van der Waals surface area contributed by atoms with E-state index in [1.807, 2.05) is 10.6 Å². The Kier molecular flexibility index (Phi) is 5.51. The van der Waals surface area contributed by atoms with E-state index in [1.54, 1.807) is 26.2 Å². The molecule has 0 aliphatic carbocycles. The van der Waals surface area contributed by atoms with E-state index in [4.69, 9.17) is 9.26 Å². The third kappa shape index (κ3) is 4.23. The number of halogens is 3. The number of fused-ring (bicyclic) bond motifs is 1. The number of carboxylic acid groups (broad SMARTS) is 1. The maximum Gasteiger partial charge on any atom is 0.573 e. The molecule has 5 rings (SSSR count). The van der Waals surface area contributed by atoms with E-state index in [2.05, 4.69) is 14.9 Å². The third-order valence-electron chi connectivity index (χ3n) is 6.04. The Balaban J connectivity index is 1.76. The van der Waals surface area contributed by atoms with Crippen LogP contribution >= 0.6 is 0 Å². The molecule has 4 aromatic rings. The van der Waals surface area contributed by atoms with Crippen molar-refractivity contribution in [1.29, 1.82) is 0 Å². The molecule has 8 nitrogen and oxygen atoms in total. The van der Waals surface area contributed by atoms with E-state index in [9.17, 15) is 23.1 Å². The second kappa shape index (κ2) is 8.42. The van der Waals surface area contributed by atoms with Crippen molar-refractivity contribution in [2.24, 2.45) is 0 Å². The van der Waals surface area contributed by atoms with Crippen molar-refractivity contribution >= 4 is 17.0 Å². The number of rotatable bonds is 5. The minimum Gasteiger partial charge on any atom is -0.478 e. The van der Waals surface area contributed by atoms with Crippen LogP contribution in [0.1, 0.15) is 34.3 Å². The average molecular weight is 487 g/mol. The van der Waals surface area contributed by atoms with Crippen molar-refractivity contribution in [3.05, 3.63) is 53.7 Å². The zero-order valence-corrected chi connectivity index (χ0v) is 18.7. The van der Waals surface area contributed by atoms with Crippen molar-refractivity contribution in [1.82, 2.24) is 14.7 Å². The van der Waals surface area contributed by atoms with E-state index in [0.717, 1.165) is 18.1 Å².